The minimum absolute atomic E-state index is 0.0110. The van der Waals surface area contributed by atoms with Crippen LogP contribution < -0.4 is 5.32 Å². The lowest BCUT2D eigenvalue weighted by Gasteiger charge is -2.05. The predicted molar refractivity (Wildman–Crippen MR) is 47.7 cm³/mol. The Kier molecular flexibility index (Phi) is 2.96. The third-order valence-electron chi connectivity index (χ3n) is 2.07. The summed E-state index contributed by atoms with van der Waals surface area (Å²) in [6.07, 6.45) is 0.803. The highest BCUT2D eigenvalue weighted by Crippen LogP contribution is 2.24. The summed E-state index contributed by atoms with van der Waals surface area (Å²) in [6, 6.07) is -0.491. The highest BCUT2D eigenvalue weighted by molar-refractivity contribution is 7.86. The zero-order valence-electron chi connectivity index (χ0n) is 7.64. The van der Waals surface area contributed by atoms with Crippen molar-refractivity contribution in [2.75, 3.05) is 0 Å². The van der Waals surface area contributed by atoms with Crippen LogP contribution >= 0.6 is 0 Å². The molecule has 5 nitrogen and oxygen atoms in total. The van der Waals surface area contributed by atoms with Gasteiger partial charge in [-0.3, -0.25) is 4.55 Å². The van der Waals surface area contributed by atoms with Crippen LogP contribution in [0.15, 0.2) is 0 Å². The van der Waals surface area contributed by atoms with Crippen LogP contribution in [-0.2, 0) is 10.1 Å². The molecular weight excluding hydrogens is 194 g/mol. The molecule has 13 heavy (non-hydrogen) atoms. The van der Waals surface area contributed by atoms with Crippen LogP contribution in [-0.4, -0.2) is 35.6 Å². The number of rotatable bonds is 4. The predicted octanol–water partition coefficient (Wildman–Crippen LogP) is -0.421. The number of aliphatic hydroxyl groups is 1. The standard InChI is InChI=1S/C7H15NO4S/c1-4(2)3-5-6(8-5)7(9)13(10,11)12/h4-9H,3H2,1-2H3,(H,10,11,12)/t5-,6+,7?/m1/s1. The Bertz CT molecular complexity index is 274. The van der Waals surface area contributed by atoms with Crippen LogP contribution in [0.25, 0.3) is 0 Å². The number of hydrogen-bond acceptors (Lipinski definition) is 4. The van der Waals surface area contributed by atoms with Gasteiger partial charge >= 0.3 is 0 Å². The zero-order chi connectivity index (χ0) is 10.2. The lowest BCUT2D eigenvalue weighted by molar-refractivity contribution is 0.228. The highest BCUT2D eigenvalue weighted by Gasteiger charge is 2.46. The average molecular weight is 209 g/mol. The third kappa shape index (κ3) is 2.91. The summed E-state index contributed by atoms with van der Waals surface area (Å²) in [5.74, 6) is 0.441. The summed E-state index contributed by atoms with van der Waals surface area (Å²) in [4.78, 5) is 0. The molecule has 0 saturated carbocycles. The summed E-state index contributed by atoms with van der Waals surface area (Å²) in [6.45, 7) is 4.02. The van der Waals surface area contributed by atoms with Gasteiger partial charge < -0.3 is 10.4 Å². The van der Waals surface area contributed by atoms with Crippen molar-refractivity contribution >= 4 is 10.1 Å². The Labute approximate surface area is 77.9 Å². The van der Waals surface area contributed by atoms with Crippen molar-refractivity contribution in [3.8, 4) is 0 Å². The van der Waals surface area contributed by atoms with Gasteiger partial charge in [-0.15, -0.1) is 0 Å². The van der Waals surface area contributed by atoms with Gasteiger partial charge in [0.2, 0.25) is 0 Å². The fourth-order valence-electron chi connectivity index (χ4n) is 1.38. The van der Waals surface area contributed by atoms with E-state index in [0.29, 0.717) is 5.92 Å². The van der Waals surface area contributed by atoms with E-state index < -0.39 is 21.6 Å². The summed E-state index contributed by atoms with van der Waals surface area (Å²) in [7, 11) is -4.32. The maximum absolute atomic E-state index is 10.5. The van der Waals surface area contributed by atoms with E-state index in [4.69, 9.17) is 9.66 Å². The lowest BCUT2D eigenvalue weighted by atomic mass is 10.1. The third-order valence-corrected chi connectivity index (χ3v) is 2.97. The molecule has 3 atom stereocenters. The van der Waals surface area contributed by atoms with Gasteiger partial charge in [0.05, 0.1) is 6.04 Å². The molecule has 0 radical (unpaired) electrons. The van der Waals surface area contributed by atoms with Crippen molar-refractivity contribution in [1.29, 1.82) is 0 Å². The fourth-order valence-corrected chi connectivity index (χ4v) is 2.02. The Balaban J connectivity index is 2.43. The van der Waals surface area contributed by atoms with Crippen LogP contribution in [0.4, 0.5) is 0 Å². The Morgan fingerprint density at radius 2 is 2.00 bits per heavy atom. The summed E-state index contributed by atoms with van der Waals surface area (Å²) < 4.78 is 29.5. The van der Waals surface area contributed by atoms with Crippen LogP contribution in [0.3, 0.4) is 0 Å². The molecule has 0 aromatic carbocycles. The van der Waals surface area contributed by atoms with Gasteiger partial charge in [0.1, 0.15) is 0 Å². The van der Waals surface area contributed by atoms with Gasteiger partial charge in [-0.05, 0) is 12.3 Å². The fraction of sp³-hybridized carbons (Fsp3) is 1.00. The van der Waals surface area contributed by atoms with E-state index in [2.05, 4.69) is 5.32 Å². The van der Waals surface area contributed by atoms with Gasteiger partial charge in [0, 0.05) is 6.04 Å². The molecule has 0 bridgehead atoms. The normalized spacial score (nSPS) is 30.5. The molecule has 1 aliphatic rings. The molecule has 6 heteroatoms. The largest absolute Gasteiger partial charge is 0.374 e. The lowest BCUT2D eigenvalue weighted by Crippen LogP contribution is -2.28. The molecule has 1 saturated heterocycles. The SMILES string of the molecule is CC(C)C[C@H]1N[C@@H]1C(O)S(=O)(=O)O. The summed E-state index contributed by atoms with van der Waals surface area (Å²) >= 11 is 0. The summed E-state index contributed by atoms with van der Waals surface area (Å²) in [5, 5.41) is 11.9. The molecule has 1 fully saturated rings. The van der Waals surface area contributed by atoms with E-state index in [1.54, 1.807) is 0 Å². The first-order valence-corrected chi connectivity index (χ1v) is 5.73. The zero-order valence-corrected chi connectivity index (χ0v) is 8.45. The van der Waals surface area contributed by atoms with Crippen LogP contribution in [0, 0.1) is 5.92 Å². The average Bonchev–Trinajstić information content (AvgIpc) is 2.62. The molecule has 1 rings (SSSR count). The Morgan fingerprint density at radius 3 is 2.38 bits per heavy atom. The maximum Gasteiger partial charge on any atom is 0.293 e. The smallest absolute Gasteiger partial charge is 0.293 e. The van der Waals surface area contributed by atoms with Crippen LogP contribution in [0.5, 0.6) is 0 Å². The van der Waals surface area contributed by atoms with Crippen molar-refractivity contribution in [1.82, 2.24) is 5.32 Å². The molecule has 0 amide bonds. The molecule has 0 aromatic heterocycles. The van der Waals surface area contributed by atoms with Gasteiger partial charge in [0.25, 0.3) is 10.1 Å². The molecule has 78 valence electrons. The topological polar surface area (TPSA) is 96.5 Å². The van der Waals surface area contributed by atoms with E-state index in [1.807, 2.05) is 13.8 Å². The first kappa shape index (κ1) is 10.9. The number of aliphatic hydroxyl groups excluding tert-OH is 1. The molecular formula is C7H15NO4S. The van der Waals surface area contributed by atoms with Crippen molar-refractivity contribution in [3.05, 3.63) is 0 Å². The van der Waals surface area contributed by atoms with Crippen molar-refractivity contribution in [3.63, 3.8) is 0 Å². The molecule has 1 heterocycles. The van der Waals surface area contributed by atoms with Gasteiger partial charge in [-0.25, -0.2) is 0 Å². The van der Waals surface area contributed by atoms with Gasteiger partial charge in [-0.1, -0.05) is 13.8 Å². The molecule has 0 spiro atoms. The second-order valence-corrected chi connectivity index (χ2v) is 5.35. The first-order valence-electron chi connectivity index (χ1n) is 4.23. The molecule has 0 aliphatic carbocycles. The number of nitrogens with one attached hydrogen (secondary N) is 1. The highest BCUT2D eigenvalue weighted by atomic mass is 32.2. The van der Waals surface area contributed by atoms with E-state index in [0.717, 1.165) is 6.42 Å². The van der Waals surface area contributed by atoms with Crippen LogP contribution in [0.2, 0.25) is 0 Å². The van der Waals surface area contributed by atoms with Crippen molar-refractivity contribution in [2.24, 2.45) is 5.92 Å². The van der Waals surface area contributed by atoms with Crippen molar-refractivity contribution < 1.29 is 18.1 Å². The Morgan fingerprint density at radius 1 is 1.46 bits per heavy atom. The summed E-state index contributed by atoms with van der Waals surface area (Å²) in [5.41, 5.74) is -1.68. The van der Waals surface area contributed by atoms with E-state index >= 15 is 0 Å². The second kappa shape index (κ2) is 3.53. The van der Waals surface area contributed by atoms with Crippen LogP contribution in [0.1, 0.15) is 20.3 Å². The maximum atomic E-state index is 10.5. The Hall–Kier alpha value is -0.170. The van der Waals surface area contributed by atoms with E-state index in [1.165, 1.54) is 0 Å². The molecule has 1 unspecified atom stereocenters. The van der Waals surface area contributed by atoms with Gasteiger partial charge in [0.15, 0.2) is 5.44 Å². The molecule has 1 aliphatic heterocycles. The van der Waals surface area contributed by atoms with E-state index in [9.17, 15) is 8.42 Å². The minimum Gasteiger partial charge on any atom is -0.374 e. The van der Waals surface area contributed by atoms with Crippen molar-refractivity contribution in [2.45, 2.75) is 37.8 Å². The number of hydrogen-bond donors (Lipinski definition) is 3. The minimum atomic E-state index is -4.32. The molecule has 0 aromatic rings. The monoisotopic (exact) mass is 209 g/mol. The quantitative estimate of drug-likeness (QED) is 0.431. The molecule has 3 N–H and O–H groups in total. The second-order valence-electron chi connectivity index (χ2n) is 3.83. The first-order chi connectivity index (χ1) is 5.82. The van der Waals surface area contributed by atoms with E-state index in [-0.39, 0.29) is 6.04 Å². The van der Waals surface area contributed by atoms with Gasteiger partial charge in [-0.2, -0.15) is 8.42 Å².